The van der Waals surface area contributed by atoms with Crippen LogP contribution >= 0.6 is 0 Å². The number of nitrogens with two attached hydrogens (primary N) is 1. The van der Waals surface area contributed by atoms with Gasteiger partial charge in [0.2, 0.25) is 5.91 Å². The molecule has 0 aliphatic heterocycles. The summed E-state index contributed by atoms with van der Waals surface area (Å²) in [5.74, 6) is -5.77. The Morgan fingerprint density at radius 1 is 1.56 bits per heavy atom. The zero-order valence-electron chi connectivity index (χ0n) is 8.05. The Hall–Kier alpha value is -1.73. The van der Waals surface area contributed by atoms with Gasteiger partial charge >= 0.3 is 12.3 Å². The van der Waals surface area contributed by atoms with Gasteiger partial charge in [-0.1, -0.05) is 6.58 Å². The lowest BCUT2D eigenvalue weighted by Crippen LogP contribution is -2.33. The molecule has 3 N–H and O–H groups in total. The van der Waals surface area contributed by atoms with E-state index < -0.39 is 30.7 Å². The monoisotopic (exact) mass is 242 g/mol. The maximum atomic E-state index is 12.4. The van der Waals surface area contributed by atoms with Gasteiger partial charge < -0.3 is 15.8 Å². The third-order valence-electron chi connectivity index (χ3n) is 1.26. The van der Waals surface area contributed by atoms with Crippen LogP contribution in [0.4, 0.5) is 17.6 Å². The fourth-order valence-electron chi connectivity index (χ4n) is 0.592. The molecule has 1 amide bonds. The second-order valence-corrected chi connectivity index (χ2v) is 2.61. The SMILES string of the molecule is C=CNC(=CC(N)=O)OCC(F)(F)C(F)F. The Kier molecular flexibility index (Phi) is 5.34. The van der Waals surface area contributed by atoms with E-state index in [4.69, 9.17) is 5.73 Å². The van der Waals surface area contributed by atoms with Crippen molar-refractivity contribution in [2.24, 2.45) is 5.73 Å². The Bertz CT molecular complexity index is 292. The highest BCUT2D eigenvalue weighted by molar-refractivity contribution is 5.86. The molecule has 0 aliphatic rings. The van der Waals surface area contributed by atoms with Crippen molar-refractivity contribution in [2.45, 2.75) is 12.3 Å². The molecule has 92 valence electrons. The molecule has 16 heavy (non-hydrogen) atoms. The van der Waals surface area contributed by atoms with Gasteiger partial charge in [-0.2, -0.15) is 8.78 Å². The van der Waals surface area contributed by atoms with Gasteiger partial charge in [0, 0.05) is 0 Å². The lowest BCUT2D eigenvalue weighted by Gasteiger charge is -2.17. The summed E-state index contributed by atoms with van der Waals surface area (Å²) < 4.78 is 52.6. The van der Waals surface area contributed by atoms with E-state index in [2.05, 4.69) is 16.6 Å². The lowest BCUT2D eigenvalue weighted by atomic mass is 10.4. The van der Waals surface area contributed by atoms with E-state index in [0.717, 1.165) is 6.20 Å². The number of hydrogen-bond donors (Lipinski definition) is 2. The molecule has 0 atom stereocenters. The molecule has 0 aromatic heterocycles. The minimum absolute atomic E-state index is 0.483. The number of carbonyl (C=O) groups excluding carboxylic acids is 1. The molecule has 0 aromatic carbocycles. The van der Waals surface area contributed by atoms with Crippen molar-refractivity contribution < 1.29 is 27.1 Å². The first-order valence-electron chi connectivity index (χ1n) is 3.97. The largest absolute Gasteiger partial charge is 0.472 e. The average molecular weight is 242 g/mol. The highest BCUT2D eigenvalue weighted by Crippen LogP contribution is 2.23. The van der Waals surface area contributed by atoms with Crippen LogP contribution < -0.4 is 11.1 Å². The highest BCUT2D eigenvalue weighted by Gasteiger charge is 2.41. The molecule has 0 bridgehead atoms. The number of hydrogen-bond acceptors (Lipinski definition) is 3. The molecule has 8 heteroatoms. The summed E-state index contributed by atoms with van der Waals surface area (Å²) in [5, 5.41) is 2.15. The first kappa shape index (κ1) is 14.3. The lowest BCUT2D eigenvalue weighted by molar-refractivity contribution is -0.158. The number of amides is 1. The van der Waals surface area contributed by atoms with Gasteiger partial charge in [-0.3, -0.25) is 4.79 Å². The van der Waals surface area contributed by atoms with E-state index in [9.17, 15) is 22.4 Å². The molecule has 0 rings (SSSR count). The summed E-state index contributed by atoms with van der Waals surface area (Å²) in [6.45, 7) is 1.59. The van der Waals surface area contributed by atoms with Crippen LogP contribution in [0.1, 0.15) is 0 Å². The van der Waals surface area contributed by atoms with Crippen molar-refractivity contribution in [1.82, 2.24) is 5.32 Å². The Morgan fingerprint density at radius 3 is 2.50 bits per heavy atom. The second kappa shape index (κ2) is 5.99. The van der Waals surface area contributed by atoms with Crippen LogP contribution in [0.15, 0.2) is 24.7 Å². The number of alkyl halides is 4. The standard InChI is InChI=1S/C8H10F4N2O2/c1-2-14-6(3-5(13)15)16-4-8(11,12)7(9)10/h2-3,7,14H,1,4H2,(H2,13,15). The number of nitrogens with one attached hydrogen (secondary N) is 1. The highest BCUT2D eigenvalue weighted by atomic mass is 19.3. The van der Waals surface area contributed by atoms with Gasteiger partial charge in [0.05, 0.1) is 6.08 Å². The third kappa shape index (κ3) is 5.23. The van der Waals surface area contributed by atoms with Crippen LogP contribution in [-0.4, -0.2) is 24.9 Å². The summed E-state index contributed by atoms with van der Waals surface area (Å²) in [7, 11) is 0. The van der Waals surface area contributed by atoms with Crippen LogP contribution in [0.2, 0.25) is 0 Å². The van der Waals surface area contributed by atoms with Crippen LogP contribution in [0.3, 0.4) is 0 Å². The van der Waals surface area contributed by atoms with Gasteiger partial charge in [-0.25, -0.2) is 8.78 Å². The third-order valence-corrected chi connectivity index (χ3v) is 1.26. The van der Waals surface area contributed by atoms with Gasteiger partial charge in [0.1, 0.15) is 0 Å². The van der Waals surface area contributed by atoms with Crippen molar-refractivity contribution in [3.63, 3.8) is 0 Å². The van der Waals surface area contributed by atoms with Crippen molar-refractivity contribution in [2.75, 3.05) is 6.61 Å². The first-order chi connectivity index (χ1) is 7.29. The maximum Gasteiger partial charge on any atom is 0.340 e. The quantitative estimate of drug-likeness (QED) is 0.397. The van der Waals surface area contributed by atoms with Crippen LogP contribution in [0.5, 0.6) is 0 Å². The molecule has 0 aliphatic carbocycles. The smallest absolute Gasteiger partial charge is 0.340 e. The van der Waals surface area contributed by atoms with E-state index in [1.165, 1.54) is 0 Å². The molecule has 0 fully saturated rings. The van der Waals surface area contributed by atoms with Crippen molar-refractivity contribution >= 4 is 5.91 Å². The normalized spacial score (nSPS) is 12.4. The summed E-state index contributed by atoms with van der Waals surface area (Å²) >= 11 is 0. The Balaban J connectivity index is 4.44. The predicted molar refractivity (Wildman–Crippen MR) is 47.5 cm³/mol. The van der Waals surface area contributed by atoms with Crippen molar-refractivity contribution in [3.05, 3.63) is 24.7 Å². The average Bonchev–Trinajstić information content (AvgIpc) is 2.13. The number of ether oxygens (including phenoxy) is 1. The molecule has 0 heterocycles. The topological polar surface area (TPSA) is 64.3 Å². The number of rotatable bonds is 7. The van der Waals surface area contributed by atoms with Crippen molar-refractivity contribution in [1.29, 1.82) is 0 Å². The summed E-state index contributed by atoms with van der Waals surface area (Å²) in [6, 6.07) is 0. The summed E-state index contributed by atoms with van der Waals surface area (Å²) in [4.78, 5) is 10.4. The minimum atomic E-state index is -4.31. The zero-order valence-corrected chi connectivity index (χ0v) is 8.05. The van der Waals surface area contributed by atoms with Crippen molar-refractivity contribution in [3.8, 4) is 0 Å². The van der Waals surface area contributed by atoms with Crippen LogP contribution in [0.25, 0.3) is 0 Å². The summed E-state index contributed by atoms with van der Waals surface area (Å²) in [5.41, 5.74) is 4.72. The second-order valence-electron chi connectivity index (χ2n) is 2.61. The fraction of sp³-hybridized carbons (Fsp3) is 0.375. The molecule has 0 spiro atoms. The van der Waals surface area contributed by atoms with Gasteiger partial charge in [-0.15, -0.1) is 0 Å². The number of halogens is 4. The molecule has 0 saturated heterocycles. The van der Waals surface area contributed by atoms with Gasteiger partial charge in [-0.05, 0) is 6.20 Å². The molecule has 0 radical (unpaired) electrons. The van der Waals surface area contributed by atoms with E-state index >= 15 is 0 Å². The van der Waals surface area contributed by atoms with E-state index in [1.807, 2.05) is 0 Å². The van der Waals surface area contributed by atoms with Crippen LogP contribution in [-0.2, 0) is 9.53 Å². The van der Waals surface area contributed by atoms with Gasteiger partial charge in [0.15, 0.2) is 12.5 Å². The van der Waals surface area contributed by atoms with E-state index in [1.54, 1.807) is 0 Å². The number of carbonyl (C=O) groups is 1. The van der Waals surface area contributed by atoms with E-state index in [0.29, 0.717) is 6.08 Å². The van der Waals surface area contributed by atoms with Gasteiger partial charge in [0.25, 0.3) is 0 Å². The molecular weight excluding hydrogens is 232 g/mol. The Labute approximate surface area is 88.7 Å². The minimum Gasteiger partial charge on any atom is -0.472 e. The van der Waals surface area contributed by atoms with E-state index in [-0.39, 0.29) is 0 Å². The number of primary amides is 1. The first-order valence-corrected chi connectivity index (χ1v) is 3.97. The summed E-state index contributed by atoms with van der Waals surface area (Å²) in [6.07, 6.45) is -2.22. The van der Waals surface area contributed by atoms with Crippen LogP contribution in [0, 0.1) is 0 Å². The zero-order chi connectivity index (χ0) is 12.8. The Morgan fingerprint density at radius 2 is 2.12 bits per heavy atom. The molecule has 0 aromatic rings. The fourth-order valence-corrected chi connectivity index (χ4v) is 0.592. The molecular formula is C8H10F4N2O2. The molecule has 4 nitrogen and oxygen atoms in total. The predicted octanol–water partition coefficient (Wildman–Crippen LogP) is 0.963. The molecule has 0 saturated carbocycles. The maximum absolute atomic E-state index is 12.4. The molecule has 0 unspecified atom stereocenters.